The number of hydrogen-bond acceptors (Lipinski definition) is 4. The number of aromatic nitrogens is 1. The van der Waals surface area contributed by atoms with Gasteiger partial charge in [-0.3, -0.25) is 0 Å². The minimum atomic E-state index is -0.481. The number of hydrogen-bond donors (Lipinski definition) is 2. The summed E-state index contributed by atoms with van der Waals surface area (Å²) in [5, 5.41) is 18.4. The summed E-state index contributed by atoms with van der Waals surface area (Å²) >= 11 is 0. The van der Waals surface area contributed by atoms with Crippen molar-refractivity contribution in [3.8, 4) is 11.8 Å². The van der Waals surface area contributed by atoms with Crippen LogP contribution in [0.1, 0.15) is 26.7 Å². The molecule has 0 amide bonds. The van der Waals surface area contributed by atoms with Crippen LogP contribution in [0.5, 0.6) is 11.8 Å². The molecule has 1 aromatic rings. The van der Waals surface area contributed by atoms with Crippen LogP contribution in [-0.2, 0) is 4.79 Å². The number of carbonyl (C=O) groups is 1. The topological polar surface area (TPSA) is 71.7 Å². The quantitative estimate of drug-likeness (QED) is 0.790. The fraction of sp³-hybridized carbons (Fsp3) is 0.500. The van der Waals surface area contributed by atoms with Gasteiger partial charge in [0.15, 0.2) is 0 Å². The zero-order valence-corrected chi connectivity index (χ0v) is 8.80. The van der Waals surface area contributed by atoms with Gasteiger partial charge >= 0.3 is 5.97 Å². The molecule has 0 saturated carbocycles. The molecule has 0 spiro atoms. The van der Waals surface area contributed by atoms with Crippen LogP contribution in [0, 0.1) is 5.92 Å². The smallest absolute Gasteiger partial charge is 0.333 e. The molecule has 15 heavy (non-hydrogen) atoms. The van der Waals surface area contributed by atoms with Gasteiger partial charge in [-0.15, -0.1) is 4.73 Å². The zero-order valence-electron chi connectivity index (χ0n) is 8.80. The maximum Gasteiger partial charge on any atom is 0.333 e. The maximum absolute atomic E-state index is 11.3. The monoisotopic (exact) mass is 213 g/mol. The van der Waals surface area contributed by atoms with Crippen LogP contribution in [0.25, 0.3) is 0 Å². The Bertz CT molecular complexity index is 324. The normalized spacial score (nSPS) is 10.6. The molecule has 0 saturated heterocycles. The third kappa shape index (κ3) is 3.19. The van der Waals surface area contributed by atoms with Crippen molar-refractivity contribution in [1.29, 1.82) is 0 Å². The summed E-state index contributed by atoms with van der Waals surface area (Å²) in [6.45, 7) is 4.00. The molecular weight excluding hydrogens is 198 g/mol. The van der Waals surface area contributed by atoms with E-state index in [4.69, 9.17) is 4.84 Å². The van der Waals surface area contributed by atoms with Gasteiger partial charge in [-0.2, -0.15) is 0 Å². The summed E-state index contributed by atoms with van der Waals surface area (Å²) in [5.74, 6) is -0.675. The predicted molar refractivity (Wildman–Crippen MR) is 53.4 cm³/mol. The minimum Gasteiger partial charge on any atom is -0.492 e. The fourth-order valence-electron chi connectivity index (χ4n) is 1.05. The number of carbonyl (C=O) groups excluding carboxylic acids is 1. The van der Waals surface area contributed by atoms with E-state index in [9.17, 15) is 15.0 Å². The first-order valence-corrected chi connectivity index (χ1v) is 4.81. The first-order chi connectivity index (χ1) is 7.00. The highest BCUT2D eigenvalue weighted by molar-refractivity contribution is 5.69. The molecule has 0 unspecified atom stereocenters. The van der Waals surface area contributed by atoms with E-state index in [1.165, 1.54) is 12.1 Å². The molecule has 0 aliphatic carbocycles. The van der Waals surface area contributed by atoms with Crippen molar-refractivity contribution in [3.63, 3.8) is 0 Å². The lowest BCUT2D eigenvalue weighted by Crippen LogP contribution is -2.19. The van der Waals surface area contributed by atoms with Crippen molar-refractivity contribution >= 4 is 5.97 Å². The van der Waals surface area contributed by atoms with Gasteiger partial charge < -0.3 is 15.1 Å². The minimum absolute atomic E-state index is 0.259. The van der Waals surface area contributed by atoms with Gasteiger partial charge in [0, 0.05) is 18.6 Å². The Kier molecular flexibility index (Phi) is 3.60. The number of aromatic hydroxyl groups is 2. The van der Waals surface area contributed by atoms with Crippen LogP contribution in [0.15, 0.2) is 12.1 Å². The van der Waals surface area contributed by atoms with Crippen molar-refractivity contribution in [2.75, 3.05) is 0 Å². The van der Waals surface area contributed by atoms with Crippen LogP contribution in [0.3, 0.4) is 0 Å². The van der Waals surface area contributed by atoms with Crippen LogP contribution in [0.2, 0.25) is 0 Å². The lowest BCUT2D eigenvalue weighted by molar-refractivity contribution is -0.145. The Morgan fingerprint density at radius 1 is 1.40 bits per heavy atom. The second-order valence-corrected chi connectivity index (χ2v) is 3.74. The van der Waals surface area contributed by atoms with Crippen LogP contribution in [0.4, 0.5) is 0 Å². The van der Waals surface area contributed by atoms with Gasteiger partial charge in [0.1, 0.15) is 0 Å². The molecule has 84 valence electrons. The van der Waals surface area contributed by atoms with Crippen molar-refractivity contribution < 1.29 is 19.8 Å². The van der Waals surface area contributed by atoms with E-state index in [-0.39, 0.29) is 18.2 Å². The Morgan fingerprint density at radius 3 is 2.40 bits per heavy atom. The summed E-state index contributed by atoms with van der Waals surface area (Å²) in [5.41, 5.74) is 0. The molecule has 0 aliphatic heterocycles. The predicted octanol–water partition coefficient (Wildman–Crippen LogP) is 1.29. The summed E-state index contributed by atoms with van der Waals surface area (Å²) in [6.07, 6.45) is 0.969. The number of nitrogens with zero attached hydrogens (tertiary/aromatic N) is 1. The lowest BCUT2D eigenvalue weighted by Gasteiger charge is -2.07. The molecule has 0 atom stereocenters. The third-order valence-corrected chi connectivity index (χ3v) is 1.92. The third-order valence-electron chi connectivity index (χ3n) is 1.92. The molecule has 1 heterocycles. The van der Waals surface area contributed by atoms with E-state index < -0.39 is 5.97 Å². The highest BCUT2D eigenvalue weighted by Gasteiger charge is 2.12. The average molecular weight is 213 g/mol. The van der Waals surface area contributed by atoms with Gasteiger partial charge in [0.2, 0.25) is 11.8 Å². The molecular formula is C10H15NO4. The van der Waals surface area contributed by atoms with E-state index in [1.54, 1.807) is 0 Å². The average Bonchev–Trinajstić information content (AvgIpc) is 2.46. The summed E-state index contributed by atoms with van der Waals surface area (Å²) in [7, 11) is 0. The zero-order chi connectivity index (χ0) is 11.4. The molecule has 5 nitrogen and oxygen atoms in total. The largest absolute Gasteiger partial charge is 0.492 e. The Hall–Kier alpha value is -1.65. The molecule has 2 N–H and O–H groups in total. The first kappa shape index (κ1) is 11.4. The fourth-order valence-corrected chi connectivity index (χ4v) is 1.05. The summed E-state index contributed by atoms with van der Waals surface area (Å²) in [6, 6.07) is 2.48. The van der Waals surface area contributed by atoms with Gasteiger partial charge in [-0.1, -0.05) is 13.8 Å². The number of rotatable bonds is 4. The summed E-state index contributed by atoms with van der Waals surface area (Å²) in [4.78, 5) is 16.0. The van der Waals surface area contributed by atoms with Gasteiger partial charge in [-0.25, -0.2) is 4.79 Å². The molecule has 0 fully saturated rings. The van der Waals surface area contributed by atoms with Crippen LogP contribution in [-0.4, -0.2) is 20.9 Å². The Labute approximate surface area is 87.9 Å². The lowest BCUT2D eigenvalue weighted by atomic mass is 10.1. The SMILES string of the molecule is CC(C)CCC(=O)On1c(O)ccc1O. The Balaban J connectivity index is 2.51. The van der Waals surface area contributed by atoms with E-state index in [2.05, 4.69) is 0 Å². The first-order valence-electron chi connectivity index (χ1n) is 4.81. The van der Waals surface area contributed by atoms with E-state index in [0.717, 1.165) is 0 Å². The molecule has 5 heteroatoms. The van der Waals surface area contributed by atoms with Crippen LogP contribution >= 0.6 is 0 Å². The highest BCUT2D eigenvalue weighted by Crippen LogP contribution is 2.19. The highest BCUT2D eigenvalue weighted by atomic mass is 16.7. The molecule has 0 aromatic carbocycles. The molecule has 0 aliphatic rings. The van der Waals surface area contributed by atoms with Crippen molar-refractivity contribution in [2.24, 2.45) is 5.92 Å². The second kappa shape index (κ2) is 4.72. The van der Waals surface area contributed by atoms with E-state index in [1.807, 2.05) is 13.8 Å². The van der Waals surface area contributed by atoms with Crippen molar-refractivity contribution in [1.82, 2.24) is 4.73 Å². The van der Waals surface area contributed by atoms with E-state index in [0.29, 0.717) is 17.1 Å². The maximum atomic E-state index is 11.3. The Morgan fingerprint density at radius 2 is 1.93 bits per heavy atom. The standard InChI is InChI=1S/C10H15NO4/c1-7(2)3-6-10(14)15-11-8(12)4-5-9(11)13/h4-5,7,12-13H,3,6H2,1-2H3. The molecule has 0 radical (unpaired) electrons. The second-order valence-electron chi connectivity index (χ2n) is 3.74. The van der Waals surface area contributed by atoms with Crippen molar-refractivity contribution in [2.45, 2.75) is 26.7 Å². The molecule has 1 aromatic heterocycles. The van der Waals surface area contributed by atoms with Crippen LogP contribution < -0.4 is 4.84 Å². The van der Waals surface area contributed by atoms with Gasteiger partial charge in [-0.05, 0) is 12.3 Å². The van der Waals surface area contributed by atoms with E-state index >= 15 is 0 Å². The molecule has 1 rings (SSSR count). The summed E-state index contributed by atoms with van der Waals surface area (Å²) < 4.78 is 0.697. The van der Waals surface area contributed by atoms with Gasteiger partial charge in [0.05, 0.1) is 0 Å². The molecule has 0 bridgehead atoms. The van der Waals surface area contributed by atoms with Gasteiger partial charge in [0.25, 0.3) is 0 Å². The van der Waals surface area contributed by atoms with Crippen molar-refractivity contribution in [3.05, 3.63) is 12.1 Å².